The maximum Gasteiger partial charge on any atom is 0.243 e. The van der Waals surface area contributed by atoms with Crippen LogP contribution in [0.5, 0.6) is 0 Å². The molecule has 0 spiro atoms. The number of hydrogen-bond donors (Lipinski definition) is 1. The van der Waals surface area contributed by atoms with E-state index in [1.54, 1.807) is 24.3 Å². The van der Waals surface area contributed by atoms with Crippen LogP contribution in [-0.2, 0) is 32.6 Å². The van der Waals surface area contributed by atoms with E-state index < -0.39 is 27.8 Å². The summed E-state index contributed by atoms with van der Waals surface area (Å²) in [4.78, 5) is 28.5. The number of carbonyl (C=O) groups is 2. The van der Waals surface area contributed by atoms with Gasteiger partial charge in [0.15, 0.2) is 0 Å². The molecule has 1 N–H and O–H groups in total. The molecule has 3 aromatic carbocycles. The van der Waals surface area contributed by atoms with Gasteiger partial charge in [0.25, 0.3) is 0 Å². The molecule has 2 amide bonds. The maximum absolute atomic E-state index is 14.7. The summed E-state index contributed by atoms with van der Waals surface area (Å²) >= 11 is 12.4. The Morgan fingerprint density at radius 3 is 2.34 bits per heavy atom. The predicted molar refractivity (Wildman–Crippen MR) is 162 cm³/mol. The van der Waals surface area contributed by atoms with Gasteiger partial charge in [-0.15, -0.1) is 0 Å². The molecule has 0 bridgehead atoms. The predicted octanol–water partition coefficient (Wildman–Crippen LogP) is 5.85. The van der Waals surface area contributed by atoms with Crippen molar-refractivity contribution < 1.29 is 22.4 Å². The van der Waals surface area contributed by atoms with E-state index in [0.717, 1.165) is 16.1 Å². The van der Waals surface area contributed by atoms with Crippen molar-refractivity contribution in [3.8, 4) is 0 Å². The summed E-state index contributed by atoms with van der Waals surface area (Å²) in [5.74, 6) is -1.24. The number of benzene rings is 3. The minimum atomic E-state index is -3.76. The number of halogens is 3. The second kappa shape index (κ2) is 15.2. The van der Waals surface area contributed by atoms with E-state index in [2.05, 4.69) is 5.32 Å². The zero-order chi connectivity index (χ0) is 30.0. The average Bonchev–Trinajstić information content (AvgIpc) is 2.94. The molecule has 1 atom stereocenters. The van der Waals surface area contributed by atoms with E-state index in [4.69, 9.17) is 23.2 Å². The lowest BCUT2D eigenvalue weighted by Gasteiger charge is -2.32. The second-order valence-corrected chi connectivity index (χ2v) is 12.4. The Balaban J connectivity index is 1.90. The topological polar surface area (TPSA) is 86.8 Å². The molecule has 0 aliphatic carbocycles. The van der Waals surface area contributed by atoms with E-state index in [0.29, 0.717) is 18.0 Å². The zero-order valence-corrected chi connectivity index (χ0v) is 25.4. The molecule has 0 heterocycles. The van der Waals surface area contributed by atoms with Crippen LogP contribution < -0.4 is 9.62 Å². The minimum absolute atomic E-state index is 0.0520. The number of nitrogens with zero attached hydrogens (tertiary/aromatic N) is 2. The Bertz CT molecular complexity index is 1440. The van der Waals surface area contributed by atoms with Gasteiger partial charge in [-0.05, 0) is 42.7 Å². The van der Waals surface area contributed by atoms with Crippen LogP contribution in [0.2, 0.25) is 10.0 Å². The molecular weight excluding hydrogens is 588 g/mol. The van der Waals surface area contributed by atoms with Crippen molar-refractivity contribution >= 4 is 50.7 Å². The fraction of sp³-hybridized carbons (Fsp3) is 0.333. The molecule has 0 radical (unpaired) electrons. The largest absolute Gasteiger partial charge is 0.354 e. The number of amides is 2. The molecule has 1 unspecified atom stereocenters. The van der Waals surface area contributed by atoms with Gasteiger partial charge in [0, 0.05) is 43.1 Å². The van der Waals surface area contributed by atoms with Gasteiger partial charge in [-0.3, -0.25) is 13.9 Å². The standard InChI is InChI=1S/C30H34Cl2FN3O4S/c1-3-17-34-30(38)28(19-22-10-5-4-6-11-22)35(21-23-12-7-8-13-26(23)33)29(37)14-9-18-36(41(2,39)40)27-20-24(31)15-16-25(27)32/h4-8,10-13,15-16,20,28H,3,9,14,17-19,21H2,1-2H3,(H,34,38). The van der Waals surface area contributed by atoms with Crippen molar-refractivity contribution in [3.63, 3.8) is 0 Å². The van der Waals surface area contributed by atoms with Gasteiger partial charge in [0.05, 0.1) is 17.0 Å². The summed E-state index contributed by atoms with van der Waals surface area (Å²) < 4.78 is 41.1. The Labute approximate surface area is 251 Å². The minimum Gasteiger partial charge on any atom is -0.354 e. The van der Waals surface area contributed by atoms with Gasteiger partial charge in [-0.1, -0.05) is 78.7 Å². The average molecular weight is 623 g/mol. The normalized spacial score (nSPS) is 12.0. The third-order valence-electron chi connectivity index (χ3n) is 6.45. The van der Waals surface area contributed by atoms with Crippen molar-refractivity contribution in [3.05, 3.63) is 99.8 Å². The molecule has 0 aliphatic heterocycles. The molecule has 0 saturated carbocycles. The first kappa shape index (κ1) is 32.4. The molecule has 0 fully saturated rings. The number of sulfonamides is 1. The molecule has 0 saturated heterocycles. The number of carbonyl (C=O) groups excluding carboxylic acids is 2. The summed E-state index contributed by atoms with van der Waals surface area (Å²) in [6.07, 6.45) is 2.01. The van der Waals surface area contributed by atoms with E-state index in [1.807, 2.05) is 37.3 Å². The Morgan fingerprint density at radius 1 is 1.00 bits per heavy atom. The van der Waals surface area contributed by atoms with Gasteiger partial charge < -0.3 is 10.2 Å². The SMILES string of the molecule is CCCNC(=O)C(Cc1ccccc1)N(Cc1ccccc1F)C(=O)CCCN(c1cc(Cl)ccc1Cl)S(C)(=O)=O. The van der Waals surface area contributed by atoms with Gasteiger partial charge in [-0.25, -0.2) is 12.8 Å². The summed E-state index contributed by atoms with van der Waals surface area (Å²) in [5, 5.41) is 3.38. The molecule has 3 aromatic rings. The lowest BCUT2D eigenvalue weighted by Crippen LogP contribution is -2.50. The molecule has 11 heteroatoms. The Hall–Kier alpha value is -3.14. The smallest absolute Gasteiger partial charge is 0.243 e. The summed E-state index contributed by atoms with van der Waals surface area (Å²) in [6, 6.07) is 19.0. The number of hydrogen-bond acceptors (Lipinski definition) is 4. The molecular formula is C30H34Cl2FN3O4S. The van der Waals surface area contributed by atoms with Crippen LogP contribution in [0, 0.1) is 5.82 Å². The van der Waals surface area contributed by atoms with Crippen molar-refractivity contribution in [1.29, 1.82) is 0 Å². The van der Waals surface area contributed by atoms with E-state index >= 15 is 0 Å². The molecule has 0 aliphatic rings. The van der Waals surface area contributed by atoms with Crippen molar-refractivity contribution in [2.45, 2.75) is 45.2 Å². The Morgan fingerprint density at radius 2 is 1.68 bits per heavy atom. The quantitative estimate of drug-likeness (QED) is 0.245. The summed E-state index contributed by atoms with van der Waals surface area (Å²) in [5.41, 5.74) is 1.32. The van der Waals surface area contributed by atoms with Crippen molar-refractivity contribution in [1.82, 2.24) is 10.2 Å². The first-order valence-corrected chi connectivity index (χ1v) is 15.9. The van der Waals surface area contributed by atoms with E-state index in [9.17, 15) is 22.4 Å². The monoisotopic (exact) mass is 621 g/mol. The molecule has 0 aromatic heterocycles. The summed E-state index contributed by atoms with van der Waals surface area (Å²) in [7, 11) is -3.76. The molecule has 41 heavy (non-hydrogen) atoms. The molecule has 3 rings (SSSR count). The summed E-state index contributed by atoms with van der Waals surface area (Å²) in [6.45, 7) is 2.17. The third-order valence-corrected chi connectivity index (χ3v) is 8.18. The lowest BCUT2D eigenvalue weighted by atomic mass is 10.0. The fourth-order valence-corrected chi connectivity index (χ4v) is 5.79. The van der Waals surface area contributed by atoms with Gasteiger partial charge in [0.2, 0.25) is 21.8 Å². The second-order valence-electron chi connectivity index (χ2n) is 9.64. The van der Waals surface area contributed by atoms with E-state index in [-0.39, 0.29) is 54.5 Å². The highest BCUT2D eigenvalue weighted by Gasteiger charge is 2.31. The van der Waals surface area contributed by atoms with Crippen LogP contribution in [-0.4, -0.2) is 50.5 Å². The maximum atomic E-state index is 14.7. The van der Waals surface area contributed by atoms with Gasteiger partial charge in [-0.2, -0.15) is 0 Å². The molecule has 220 valence electrons. The van der Waals surface area contributed by atoms with Crippen LogP contribution in [0.1, 0.15) is 37.3 Å². The van der Waals surface area contributed by atoms with Crippen LogP contribution in [0.25, 0.3) is 0 Å². The zero-order valence-electron chi connectivity index (χ0n) is 23.0. The number of nitrogens with one attached hydrogen (secondary N) is 1. The first-order chi connectivity index (χ1) is 19.5. The highest BCUT2D eigenvalue weighted by molar-refractivity contribution is 7.92. The molecule has 7 nitrogen and oxygen atoms in total. The van der Waals surface area contributed by atoms with E-state index in [1.165, 1.54) is 23.1 Å². The number of rotatable bonds is 14. The first-order valence-electron chi connectivity index (χ1n) is 13.3. The van der Waals surface area contributed by atoms with Crippen LogP contribution in [0.3, 0.4) is 0 Å². The third kappa shape index (κ3) is 9.45. The van der Waals surface area contributed by atoms with Crippen molar-refractivity contribution in [2.75, 3.05) is 23.7 Å². The Kier molecular flexibility index (Phi) is 12.0. The van der Waals surface area contributed by atoms with Crippen molar-refractivity contribution in [2.24, 2.45) is 0 Å². The lowest BCUT2D eigenvalue weighted by molar-refractivity contribution is -0.141. The fourth-order valence-electron chi connectivity index (χ4n) is 4.39. The number of anilines is 1. The highest BCUT2D eigenvalue weighted by Crippen LogP contribution is 2.31. The van der Waals surface area contributed by atoms with Crippen LogP contribution in [0.4, 0.5) is 10.1 Å². The van der Waals surface area contributed by atoms with Crippen LogP contribution in [0.15, 0.2) is 72.8 Å². The highest BCUT2D eigenvalue weighted by atomic mass is 35.5. The van der Waals surface area contributed by atoms with Gasteiger partial charge in [0.1, 0.15) is 11.9 Å². The van der Waals surface area contributed by atoms with Crippen LogP contribution >= 0.6 is 23.2 Å². The van der Waals surface area contributed by atoms with Gasteiger partial charge >= 0.3 is 0 Å².